The van der Waals surface area contributed by atoms with E-state index in [1.54, 1.807) is 12.1 Å². The number of rotatable bonds is 10. The van der Waals surface area contributed by atoms with Gasteiger partial charge in [0.15, 0.2) is 5.82 Å². The molecule has 1 aromatic heterocycles. The van der Waals surface area contributed by atoms with Gasteiger partial charge in [-0.1, -0.05) is 30.3 Å². The van der Waals surface area contributed by atoms with E-state index in [0.717, 1.165) is 16.5 Å². The van der Waals surface area contributed by atoms with Gasteiger partial charge in [0.05, 0.1) is 0 Å². The standard InChI is InChI=1S/C19H23N5O3.2ClH.2H2O/c20-22-18-7-8-19(24-23-18)26-10-9-21-12-16(25)13-27-17-6-5-14-3-1-2-4-15(14)11-17;;;;/h1-8,11,16,21,25H,9-10,12-13,20H2,(H,22,23);2*1H;2*1H2. The molecule has 10 nitrogen and oxygen atoms in total. The number of ether oxygens (including phenoxy) is 2. The summed E-state index contributed by atoms with van der Waals surface area (Å²) in [5.74, 6) is 6.84. The molecule has 3 aromatic rings. The van der Waals surface area contributed by atoms with Gasteiger partial charge >= 0.3 is 0 Å². The van der Waals surface area contributed by atoms with E-state index in [-0.39, 0.29) is 42.4 Å². The van der Waals surface area contributed by atoms with E-state index in [1.165, 1.54) is 0 Å². The fraction of sp³-hybridized carbons (Fsp3) is 0.263. The lowest BCUT2D eigenvalue weighted by molar-refractivity contribution is 0.105. The molecule has 0 spiro atoms. The van der Waals surface area contributed by atoms with Gasteiger partial charge in [0.1, 0.15) is 25.1 Å². The normalized spacial score (nSPS) is 10.4. The van der Waals surface area contributed by atoms with Crippen molar-refractivity contribution in [1.29, 1.82) is 0 Å². The van der Waals surface area contributed by atoms with E-state index in [4.69, 9.17) is 15.3 Å². The van der Waals surface area contributed by atoms with E-state index in [1.807, 2.05) is 36.4 Å². The molecule has 3 rings (SSSR count). The van der Waals surface area contributed by atoms with Gasteiger partial charge in [-0.2, -0.15) is 0 Å². The van der Waals surface area contributed by atoms with Gasteiger partial charge in [0, 0.05) is 19.2 Å². The summed E-state index contributed by atoms with van der Waals surface area (Å²) in [6.07, 6.45) is -0.619. The molecule has 2 aromatic carbocycles. The Morgan fingerprint density at radius 3 is 2.35 bits per heavy atom. The van der Waals surface area contributed by atoms with Crippen molar-refractivity contribution in [3.05, 3.63) is 54.6 Å². The van der Waals surface area contributed by atoms with Crippen molar-refractivity contribution in [2.45, 2.75) is 6.10 Å². The van der Waals surface area contributed by atoms with Crippen LogP contribution in [0.1, 0.15) is 0 Å². The maximum atomic E-state index is 10.0. The number of aliphatic hydroxyl groups is 1. The third kappa shape index (κ3) is 9.94. The number of aromatic nitrogens is 2. The number of halogens is 2. The number of hydrogen-bond donors (Lipinski definition) is 4. The summed E-state index contributed by atoms with van der Waals surface area (Å²) in [4.78, 5) is 0. The molecular weight excluding hydrogens is 449 g/mol. The lowest BCUT2D eigenvalue weighted by Gasteiger charge is -2.14. The van der Waals surface area contributed by atoms with Gasteiger partial charge in [-0.05, 0) is 29.0 Å². The van der Waals surface area contributed by atoms with Crippen LogP contribution in [0.4, 0.5) is 5.82 Å². The second kappa shape index (κ2) is 16.3. The second-order valence-corrected chi connectivity index (χ2v) is 5.93. The molecule has 9 N–H and O–H groups in total. The minimum atomic E-state index is -0.619. The zero-order valence-electron chi connectivity index (χ0n) is 16.7. The number of nitrogens with one attached hydrogen (secondary N) is 2. The number of nitrogens with two attached hydrogens (primary N) is 1. The molecule has 0 fully saturated rings. The van der Waals surface area contributed by atoms with Gasteiger partial charge < -0.3 is 36.3 Å². The minimum Gasteiger partial charge on any atom is -0.491 e. The first-order chi connectivity index (χ1) is 13.2. The number of hydrogen-bond acceptors (Lipinski definition) is 8. The van der Waals surface area contributed by atoms with Crippen LogP contribution >= 0.6 is 24.8 Å². The highest BCUT2D eigenvalue weighted by atomic mass is 35.5. The molecule has 12 heteroatoms. The van der Waals surface area contributed by atoms with Crippen LogP contribution in [0.15, 0.2) is 54.6 Å². The molecule has 0 radical (unpaired) electrons. The molecule has 0 aliphatic heterocycles. The van der Waals surface area contributed by atoms with Crippen molar-refractivity contribution < 1.29 is 25.5 Å². The fourth-order valence-corrected chi connectivity index (χ4v) is 2.48. The van der Waals surface area contributed by atoms with E-state index < -0.39 is 6.10 Å². The third-order valence-electron chi connectivity index (χ3n) is 3.86. The van der Waals surface area contributed by atoms with Crippen LogP contribution in [0, 0.1) is 0 Å². The summed E-state index contributed by atoms with van der Waals surface area (Å²) in [7, 11) is 0. The molecule has 0 saturated carbocycles. The number of hydrazine groups is 1. The molecule has 1 atom stereocenters. The number of aliphatic hydroxyl groups excluding tert-OH is 1. The molecule has 0 bridgehead atoms. The average Bonchev–Trinajstić information content (AvgIpc) is 2.72. The van der Waals surface area contributed by atoms with Gasteiger partial charge in [-0.25, -0.2) is 5.84 Å². The molecule has 0 amide bonds. The van der Waals surface area contributed by atoms with Crippen molar-refractivity contribution in [1.82, 2.24) is 15.5 Å². The summed E-state index contributed by atoms with van der Waals surface area (Å²) in [6.45, 7) is 1.58. The fourth-order valence-electron chi connectivity index (χ4n) is 2.48. The first-order valence-corrected chi connectivity index (χ1v) is 8.68. The predicted octanol–water partition coefficient (Wildman–Crippen LogP) is 0.518. The molecule has 0 aliphatic carbocycles. The lowest BCUT2D eigenvalue weighted by atomic mass is 10.1. The van der Waals surface area contributed by atoms with Crippen molar-refractivity contribution in [2.24, 2.45) is 5.84 Å². The SMILES string of the molecule is Cl.Cl.NNc1ccc(OCCNCC(O)COc2ccc3ccccc3c2)nn1.O.O. The largest absolute Gasteiger partial charge is 0.491 e. The van der Waals surface area contributed by atoms with Crippen molar-refractivity contribution in [3.8, 4) is 11.6 Å². The van der Waals surface area contributed by atoms with E-state index in [9.17, 15) is 5.11 Å². The molecule has 174 valence electrons. The Bertz CT molecular complexity index is 860. The zero-order valence-corrected chi connectivity index (χ0v) is 18.3. The Morgan fingerprint density at radius 2 is 1.68 bits per heavy atom. The topological polar surface area (TPSA) is 178 Å². The quantitative estimate of drug-likeness (QED) is 0.185. The van der Waals surface area contributed by atoms with Crippen LogP contribution in [0.3, 0.4) is 0 Å². The second-order valence-electron chi connectivity index (χ2n) is 5.93. The highest BCUT2D eigenvalue weighted by Gasteiger charge is 2.06. The number of nitrogens with zero attached hydrogens (tertiary/aromatic N) is 2. The number of benzene rings is 2. The van der Waals surface area contributed by atoms with Gasteiger partial charge in [-0.15, -0.1) is 35.0 Å². The molecule has 0 aliphatic rings. The molecule has 1 unspecified atom stereocenters. The van der Waals surface area contributed by atoms with Crippen LogP contribution in [0.25, 0.3) is 10.8 Å². The molecular formula is C19H29Cl2N5O5. The Hall–Kier alpha value is -2.44. The van der Waals surface area contributed by atoms with Crippen molar-refractivity contribution in [2.75, 3.05) is 31.7 Å². The Morgan fingerprint density at radius 1 is 0.935 bits per heavy atom. The Labute approximate surface area is 192 Å². The Balaban J connectivity index is 0. The average molecular weight is 478 g/mol. The smallest absolute Gasteiger partial charge is 0.233 e. The summed E-state index contributed by atoms with van der Waals surface area (Å²) in [6, 6.07) is 17.3. The maximum absolute atomic E-state index is 10.0. The van der Waals surface area contributed by atoms with Crippen molar-refractivity contribution in [3.63, 3.8) is 0 Å². The third-order valence-corrected chi connectivity index (χ3v) is 3.86. The minimum absolute atomic E-state index is 0. The predicted molar refractivity (Wildman–Crippen MR) is 125 cm³/mol. The van der Waals surface area contributed by atoms with Gasteiger partial charge in [0.2, 0.25) is 5.88 Å². The van der Waals surface area contributed by atoms with E-state index >= 15 is 0 Å². The number of nitrogen functional groups attached to an aromatic ring is 1. The summed E-state index contributed by atoms with van der Waals surface area (Å²) in [5.41, 5.74) is 2.39. The summed E-state index contributed by atoms with van der Waals surface area (Å²) < 4.78 is 11.1. The van der Waals surface area contributed by atoms with E-state index in [2.05, 4.69) is 27.0 Å². The van der Waals surface area contributed by atoms with Crippen molar-refractivity contribution >= 4 is 41.4 Å². The zero-order chi connectivity index (χ0) is 18.9. The molecule has 31 heavy (non-hydrogen) atoms. The first-order valence-electron chi connectivity index (χ1n) is 8.68. The highest BCUT2D eigenvalue weighted by molar-refractivity contribution is 5.85. The molecule has 0 saturated heterocycles. The monoisotopic (exact) mass is 477 g/mol. The van der Waals surface area contributed by atoms with Gasteiger partial charge in [0.25, 0.3) is 0 Å². The lowest BCUT2D eigenvalue weighted by Crippen LogP contribution is -2.33. The van der Waals surface area contributed by atoms with Crippen LogP contribution in [0.5, 0.6) is 11.6 Å². The van der Waals surface area contributed by atoms with E-state index in [0.29, 0.717) is 31.4 Å². The Kier molecular flexibility index (Phi) is 16.1. The summed E-state index contributed by atoms with van der Waals surface area (Å²) in [5, 5.41) is 23.1. The van der Waals surface area contributed by atoms with Crippen LogP contribution in [0.2, 0.25) is 0 Å². The molecule has 1 heterocycles. The number of anilines is 1. The van der Waals surface area contributed by atoms with Crippen LogP contribution < -0.4 is 26.1 Å². The van der Waals surface area contributed by atoms with Crippen LogP contribution in [-0.2, 0) is 0 Å². The first kappa shape index (κ1) is 30.8. The highest BCUT2D eigenvalue weighted by Crippen LogP contribution is 2.20. The number of fused-ring (bicyclic) bond motifs is 1. The van der Waals surface area contributed by atoms with Crippen LogP contribution in [-0.4, -0.2) is 58.7 Å². The maximum Gasteiger partial charge on any atom is 0.233 e. The summed E-state index contributed by atoms with van der Waals surface area (Å²) >= 11 is 0. The van der Waals surface area contributed by atoms with Gasteiger partial charge in [-0.3, -0.25) is 0 Å².